The Bertz CT molecular complexity index is 206. The fourth-order valence-electron chi connectivity index (χ4n) is 1.53. The molecule has 0 spiro atoms. The predicted octanol–water partition coefficient (Wildman–Crippen LogP) is 5.06. The average Bonchev–Trinajstić information content (AvgIpc) is 2.21. The molecule has 0 aromatic rings. The Hall–Kier alpha value is -0.480. The van der Waals surface area contributed by atoms with E-state index < -0.39 is 0 Å². The lowest BCUT2D eigenvalue weighted by atomic mass is 9.85. The summed E-state index contributed by atoms with van der Waals surface area (Å²) in [6, 6.07) is 0. The molecular formula is C15H28. The van der Waals surface area contributed by atoms with Gasteiger partial charge >= 0.3 is 0 Å². The molecule has 0 aliphatic heterocycles. The minimum Gasteiger partial charge on any atom is -0.130 e. The Labute approximate surface area is 96.5 Å². The molecule has 0 saturated carbocycles. The van der Waals surface area contributed by atoms with E-state index in [4.69, 9.17) is 0 Å². The maximum absolute atomic E-state index is 3.19. The second-order valence-corrected chi connectivity index (χ2v) is 5.26. The number of rotatable bonds is 6. The molecule has 0 fully saturated rings. The van der Waals surface area contributed by atoms with Crippen LogP contribution < -0.4 is 0 Å². The van der Waals surface area contributed by atoms with Crippen LogP contribution >= 0.6 is 0 Å². The second-order valence-electron chi connectivity index (χ2n) is 5.26. The highest BCUT2D eigenvalue weighted by molar-refractivity contribution is 4.88. The summed E-state index contributed by atoms with van der Waals surface area (Å²) in [5.41, 5.74) is 3.19. The van der Waals surface area contributed by atoms with Gasteiger partial charge < -0.3 is 0 Å². The summed E-state index contributed by atoms with van der Waals surface area (Å²) in [5, 5.41) is 0. The predicted molar refractivity (Wildman–Crippen MR) is 69.9 cm³/mol. The molecule has 0 bridgehead atoms. The normalized spacial score (nSPS) is 16.7. The van der Waals surface area contributed by atoms with E-state index in [9.17, 15) is 0 Å². The summed E-state index contributed by atoms with van der Waals surface area (Å²) < 4.78 is 0. The first-order valence-electron chi connectivity index (χ1n) is 6.36. The van der Waals surface area contributed by atoms with E-state index in [1.165, 1.54) is 12.8 Å². The maximum atomic E-state index is 3.19. The van der Waals surface area contributed by atoms with Crippen LogP contribution in [0.4, 0.5) is 0 Å². The number of hydrogen-bond acceptors (Lipinski definition) is 0. The van der Waals surface area contributed by atoms with Gasteiger partial charge in [-0.15, -0.1) is 5.73 Å². The quantitative estimate of drug-likeness (QED) is 0.535. The minimum atomic E-state index is 0.653. The molecule has 15 heavy (non-hydrogen) atoms. The van der Waals surface area contributed by atoms with Gasteiger partial charge in [-0.2, -0.15) is 0 Å². The molecule has 0 heterocycles. The van der Waals surface area contributed by atoms with Crippen molar-refractivity contribution in [3.63, 3.8) is 0 Å². The molecule has 0 heteroatoms. The summed E-state index contributed by atoms with van der Waals surface area (Å²) in [4.78, 5) is 0. The van der Waals surface area contributed by atoms with Gasteiger partial charge in [0.05, 0.1) is 0 Å². The minimum absolute atomic E-state index is 0.653. The van der Waals surface area contributed by atoms with E-state index in [1.807, 2.05) is 13.0 Å². The van der Waals surface area contributed by atoms with Crippen LogP contribution in [0.5, 0.6) is 0 Å². The van der Waals surface area contributed by atoms with E-state index in [2.05, 4.69) is 46.4 Å². The van der Waals surface area contributed by atoms with Gasteiger partial charge in [0.25, 0.3) is 0 Å². The monoisotopic (exact) mass is 208 g/mol. The highest BCUT2D eigenvalue weighted by Gasteiger charge is 2.12. The van der Waals surface area contributed by atoms with Gasteiger partial charge in [-0.25, -0.2) is 0 Å². The van der Waals surface area contributed by atoms with E-state index in [1.54, 1.807) is 0 Å². The molecule has 3 atom stereocenters. The van der Waals surface area contributed by atoms with Crippen LogP contribution in [0.1, 0.15) is 54.4 Å². The summed E-state index contributed by atoms with van der Waals surface area (Å²) in [5.74, 6) is 3.10. The van der Waals surface area contributed by atoms with Crippen molar-refractivity contribution in [3.8, 4) is 0 Å². The van der Waals surface area contributed by atoms with Crippen LogP contribution in [0.25, 0.3) is 0 Å². The summed E-state index contributed by atoms with van der Waals surface area (Å²) >= 11 is 0. The van der Waals surface area contributed by atoms with Crippen molar-refractivity contribution >= 4 is 0 Å². The van der Waals surface area contributed by atoms with Crippen molar-refractivity contribution in [2.24, 2.45) is 23.7 Å². The van der Waals surface area contributed by atoms with Crippen LogP contribution in [0, 0.1) is 23.7 Å². The average molecular weight is 208 g/mol. The Morgan fingerprint density at radius 3 is 1.93 bits per heavy atom. The SMILES string of the molecule is CC=C=CC(C)C(C)CCC(C)C(C)C. The Morgan fingerprint density at radius 2 is 1.47 bits per heavy atom. The third-order valence-corrected chi connectivity index (χ3v) is 3.64. The van der Waals surface area contributed by atoms with Crippen molar-refractivity contribution in [1.29, 1.82) is 0 Å². The van der Waals surface area contributed by atoms with E-state index >= 15 is 0 Å². The van der Waals surface area contributed by atoms with Gasteiger partial charge in [-0.1, -0.05) is 41.0 Å². The molecule has 3 unspecified atom stereocenters. The Kier molecular flexibility index (Phi) is 7.52. The van der Waals surface area contributed by atoms with Crippen molar-refractivity contribution < 1.29 is 0 Å². The molecule has 0 amide bonds. The van der Waals surface area contributed by atoms with Crippen molar-refractivity contribution in [2.45, 2.75) is 54.4 Å². The molecule has 0 aromatic carbocycles. The largest absolute Gasteiger partial charge is 0.130 e. The first-order valence-corrected chi connectivity index (χ1v) is 6.36. The standard InChI is InChI=1S/C15H28/c1-7-8-9-14(5)15(6)11-10-13(4)12(2)3/h7,9,12-15H,10-11H2,1-6H3. The fraction of sp³-hybridized carbons (Fsp3) is 0.800. The smallest absolute Gasteiger partial charge is 0.0160 e. The molecular weight excluding hydrogens is 180 g/mol. The molecule has 0 N–H and O–H groups in total. The highest BCUT2D eigenvalue weighted by atomic mass is 14.2. The second kappa shape index (κ2) is 7.77. The van der Waals surface area contributed by atoms with Crippen LogP contribution in [0.2, 0.25) is 0 Å². The first-order chi connectivity index (χ1) is 6.99. The van der Waals surface area contributed by atoms with Crippen LogP contribution in [-0.4, -0.2) is 0 Å². The zero-order valence-electron chi connectivity index (χ0n) is 11.4. The highest BCUT2D eigenvalue weighted by Crippen LogP contribution is 2.23. The summed E-state index contributed by atoms with van der Waals surface area (Å²) in [7, 11) is 0. The first kappa shape index (κ1) is 14.5. The van der Waals surface area contributed by atoms with Crippen LogP contribution in [0.3, 0.4) is 0 Å². The van der Waals surface area contributed by atoms with Gasteiger partial charge in [0.15, 0.2) is 0 Å². The number of hydrogen-bond donors (Lipinski definition) is 0. The Balaban J connectivity index is 3.92. The molecule has 0 radical (unpaired) electrons. The van der Waals surface area contributed by atoms with Crippen molar-refractivity contribution in [1.82, 2.24) is 0 Å². The third kappa shape index (κ3) is 6.57. The fourth-order valence-corrected chi connectivity index (χ4v) is 1.53. The van der Waals surface area contributed by atoms with Crippen LogP contribution in [0.15, 0.2) is 17.9 Å². The molecule has 0 rings (SSSR count). The zero-order valence-corrected chi connectivity index (χ0v) is 11.4. The van der Waals surface area contributed by atoms with Gasteiger partial charge in [0, 0.05) is 0 Å². The third-order valence-electron chi connectivity index (χ3n) is 3.64. The van der Waals surface area contributed by atoms with Crippen molar-refractivity contribution in [3.05, 3.63) is 17.9 Å². The molecule has 88 valence electrons. The molecule has 0 aliphatic rings. The number of allylic oxidation sites excluding steroid dienone is 1. The molecule has 0 nitrogen and oxygen atoms in total. The zero-order chi connectivity index (χ0) is 11.8. The topological polar surface area (TPSA) is 0 Å². The van der Waals surface area contributed by atoms with Gasteiger partial charge in [-0.05, 0) is 49.2 Å². The van der Waals surface area contributed by atoms with E-state index in [0.717, 1.165) is 17.8 Å². The van der Waals surface area contributed by atoms with E-state index in [0.29, 0.717) is 5.92 Å². The molecule has 0 aromatic heterocycles. The van der Waals surface area contributed by atoms with Gasteiger partial charge in [-0.3, -0.25) is 0 Å². The lowest BCUT2D eigenvalue weighted by Crippen LogP contribution is -2.10. The lowest BCUT2D eigenvalue weighted by molar-refractivity contribution is 0.325. The Morgan fingerprint density at radius 1 is 0.933 bits per heavy atom. The summed E-state index contributed by atoms with van der Waals surface area (Å²) in [6.45, 7) is 13.7. The van der Waals surface area contributed by atoms with Gasteiger partial charge in [0.1, 0.15) is 0 Å². The van der Waals surface area contributed by atoms with Crippen LogP contribution in [-0.2, 0) is 0 Å². The molecule has 0 aliphatic carbocycles. The lowest BCUT2D eigenvalue weighted by Gasteiger charge is -2.20. The van der Waals surface area contributed by atoms with E-state index in [-0.39, 0.29) is 0 Å². The van der Waals surface area contributed by atoms with Crippen molar-refractivity contribution in [2.75, 3.05) is 0 Å². The maximum Gasteiger partial charge on any atom is -0.0160 e. The molecule has 0 saturated heterocycles. The van der Waals surface area contributed by atoms with Gasteiger partial charge in [0.2, 0.25) is 0 Å². The summed E-state index contributed by atoms with van der Waals surface area (Å²) in [6.07, 6.45) is 6.87.